The van der Waals surface area contributed by atoms with Crippen molar-refractivity contribution in [3.63, 3.8) is 0 Å². The molecule has 2 aromatic rings. The Morgan fingerprint density at radius 2 is 2.04 bits per heavy atom. The number of fused-ring (bicyclic) bond motifs is 1. The number of aromatic nitrogens is 2. The van der Waals surface area contributed by atoms with Crippen LogP contribution in [-0.2, 0) is 11.3 Å². The molecule has 1 saturated heterocycles. The number of carbonyl (C=O) groups is 1. The molecular weight excluding hydrogens is 336 g/mol. The first-order valence-corrected chi connectivity index (χ1v) is 9.79. The number of aryl methyl sites for hydroxylation is 1. The van der Waals surface area contributed by atoms with Crippen molar-refractivity contribution in [2.75, 3.05) is 31.9 Å². The highest BCUT2D eigenvalue weighted by molar-refractivity contribution is 7.99. The van der Waals surface area contributed by atoms with Crippen LogP contribution in [0.3, 0.4) is 0 Å². The van der Waals surface area contributed by atoms with Gasteiger partial charge in [-0.05, 0) is 45.0 Å². The molecule has 1 aliphatic heterocycles. The van der Waals surface area contributed by atoms with Gasteiger partial charge in [0.1, 0.15) is 0 Å². The molecule has 0 bridgehead atoms. The van der Waals surface area contributed by atoms with Crippen LogP contribution in [0.15, 0.2) is 34.1 Å². The molecule has 0 saturated carbocycles. The van der Waals surface area contributed by atoms with Gasteiger partial charge in [0, 0.05) is 19.6 Å². The molecule has 6 nitrogen and oxygen atoms in total. The zero-order chi connectivity index (χ0) is 17.6. The second-order valence-electron chi connectivity index (χ2n) is 6.14. The third-order valence-electron chi connectivity index (χ3n) is 4.43. The molecule has 7 heteroatoms. The second kappa shape index (κ2) is 8.49. The Labute approximate surface area is 151 Å². The Bertz CT molecular complexity index is 799. The van der Waals surface area contributed by atoms with E-state index >= 15 is 0 Å². The van der Waals surface area contributed by atoms with Gasteiger partial charge in [0.2, 0.25) is 5.91 Å². The summed E-state index contributed by atoms with van der Waals surface area (Å²) in [4.78, 5) is 31.4. The summed E-state index contributed by atoms with van der Waals surface area (Å²) in [6.45, 7) is 6.33. The number of benzene rings is 1. The van der Waals surface area contributed by atoms with E-state index in [-0.39, 0.29) is 17.2 Å². The molecule has 0 radical (unpaired) electrons. The van der Waals surface area contributed by atoms with Crippen LogP contribution in [0.1, 0.15) is 19.8 Å². The normalized spacial score (nSPS) is 14.9. The number of thioether (sulfide) groups is 1. The van der Waals surface area contributed by atoms with Crippen LogP contribution in [0.25, 0.3) is 11.0 Å². The maximum atomic E-state index is 12.6. The summed E-state index contributed by atoms with van der Waals surface area (Å²) < 4.78 is 1.70. The Hall–Kier alpha value is -1.86. The van der Waals surface area contributed by atoms with Crippen molar-refractivity contribution in [3.05, 3.63) is 34.6 Å². The molecule has 1 aromatic carbocycles. The minimum Gasteiger partial charge on any atom is -0.354 e. The molecule has 1 aromatic heterocycles. The number of carbonyl (C=O) groups excluding carboxylic acids is 1. The van der Waals surface area contributed by atoms with E-state index in [0.29, 0.717) is 18.1 Å². The topological polar surface area (TPSA) is 67.2 Å². The van der Waals surface area contributed by atoms with Crippen LogP contribution in [-0.4, -0.2) is 52.3 Å². The van der Waals surface area contributed by atoms with E-state index in [1.54, 1.807) is 4.57 Å². The van der Waals surface area contributed by atoms with Crippen LogP contribution >= 0.6 is 11.8 Å². The zero-order valence-electron chi connectivity index (χ0n) is 14.5. The van der Waals surface area contributed by atoms with Crippen LogP contribution in [0, 0.1) is 0 Å². The first-order chi connectivity index (χ1) is 12.2. The SMILES string of the molecule is CCn1c(=O)c(SCC(=O)NCCN2CCCC2)nc2ccccc21. The fraction of sp³-hybridized carbons (Fsp3) is 0.500. The number of nitrogens with zero attached hydrogens (tertiary/aromatic N) is 3. The van der Waals surface area contributed by atoms with Gasteiger partial charge in [-0.15, -0.1) is 0 Å². The largest absolute Gasteiger partial charge is 0.354 e. The molecule has 2 heterocycles. The van der Waals surface area contributed by atoms with Crippen molar-refractivity contribution in [3.8, 4) is 0 Å². The lowest BCUT2D eigenvalue weighted by atomic mass is 10.3. The molecular formula is C18H24N4O2S. The fourth-order valence-electron chi connectivity index (χ4n) is 3.12. The molecule has 1 amide bonds. The van der Waals surface area contributed by atoms with Gasteiger partial charge in [-0.25, -0.2) is 4.98 Å². The minimum atomic E-state index is -0.129. The molecule has 0 atom stereocenters. The maximum absolute atomic E-state index is 12.6. The Morgan fingerprint density at radius 1 is 1.28 bits per heavy atom. The summed E-state index contributed by atoms with van der Waals surface area (Å²) >= 11 is 1.21. The molecule has 0 aliphatic carbocycles. The molecule has 1 fully saturated rings. The van der Waals surface area contributed by atoms with Gasteiger partial charge in [-0.2, -0.15) is 0 Å². The Kier molecular flexibility index (Phi) is 6.09. The van der Waals surface area contributed by atoms with E-state index in [1.165, 1.54) is 24.6 Å². The van der Waals surface area contributed by atoms with Gasteiger partial charge in [-0.3, -0.25) is 9.59 Å². The molecule has 1 N–H and O–H groups in total. The van der Waals surface area contributed by atoms with E-state index in [1.807, 2.05) is 31.2 Å². The highest BCUT2D eigenvalue weighted by atomic mass is 32.2. The first kappa shape index (κ1) is 17.9. The van der Waals surface area contributed by atoms with Crippen molar-refractivity contribution < 1.29 is 4.79 Å². The highest BCUT2D eigenvalue weighted by Gasteiger charge is 2.13. The van der Waals surface area contributed by atoms with Crippen molar-refractivity contribution in [2.45, 2.75) is 31.3 Å². The second-order valence-corrected chi connectivity index (χ2v) is 7.11. The van der Waals surface area contributed by atoms with Gasteiger partial charge in [0.15, 0.2) is 5.03 Å². The average Bonchev–Trinajstić information content (AvgIpc) is 3.13. The van der Waals surface area contributed by atoms with Crippen LogP contribution in [0.4, 0.5) is 0 Å². The first-order valence-electron chi connectivity index (χ1n) is 8.80. The molecule has 134 valence electrons. The van der Waals surface area contributed by atoms with Gasteiger partial charge in [-0.1, -0.05) is 23.9 Å². The number of hydrogen-bond donors (Lipinski definition) is 1. The van der Waals surface area contributed by atoms with Crippen LogP contribution in [0.2, 0.25) is 0 Å². The lowest BCUT2D eigenvalue weighted by molar-refractivity contribution is -0.118. The van der Waals surface area contributed by atoms with E-state index in [4.69, 9.17) is 0 Å². The smallest absolute Gasteiger partial charge is 0.283 e. The summed E-state index contributed by atoms with van der Waals surface area (Å²) in [6, 6.07) is 7.59. The third kappa shape index (κ3) is 4.41. The molecule has 1 aliphatic rings. The summed E-state index contributed by atoms with van der Waals surface area (Å²) in [7, 11) is 0. The number of likely N-dealkylation sites (tertiary alicyclic amines) is 1. The predicted octanol–water partition coefficient (Wildman–Crippen LogP) is 1.72. The van der Waals surface area contributed by atoms with Gasteiger partial charge in [0.05, 0.1) is 16.8 Å². The number of para-hydroxylation sites is 2. The third-order valence-corrected chi connectivity index (χ3v) is 5.37. The zero-order valence-corrected chi connectivity index (χ0v) is 15.3. The van der Waals surface area contributed by atoms with Crippen molar-refractivity contribution in [2.24, 2.45) is 0 Å². The van der Waals surface area contributed by atoms with Gasteiger partial charge in [0.25, 0.3) is 5.56 Å². The molecule has 0 unspecified atom stereocenters. The van der Waals surface area contributed by atoms with Gasteiger partial charge < -0.3 is 14.8 Å². The van der Waals surface area contributed by atoms with Gasteiger partial charge >= 0.3 is 0 Å². The Balaban J connectivity index is 1.59. The average molecular weight is 360 g/mol. The van der Waals surface area contributed by atoms with E-state index < -0.39 is 0 Å². The number of hydrogen-bond acceptors (Lipinski definition) is 5. The predicted molar refractivity (Wildman–Crippen MR) is 101 cm³/mol. The van der Waals surface area contributed by atoms with Crippen LogP contribution < -0.4 is 10.9 Å². The quantitative estimate of drug-likeness (QED) is 0.762. The minimum absolute atomic E-state index is 0.0541. The monoisotopic (exact) mass is 360 g/mol. The number of rotatable bonds is 7. The number of amides is 1. The number of nitrogens with one attached hydrogen (secondary N) is 1. The van der Waals surface area contributed by atoms with Crippen molar-refractivity contribution >= 4 is 28.7 Å². The maximum Gasteiger partial charge on any atom is 0.283 e. The molecule has 3 rings (SSSR count). The van der Waals surface area contributed by atoms with E-state index in [2.05, 4.69) is 15.2 Å². The molecule has 0 spiro atoms. The summed E-state index contributed by atoms with van der Waals surface area (Å²) in [5.74, 6) is 0.159. The van der Waals surface area contributed by atoms with Crippen LogP contribution in [0.5, 0.6) is 0 Å². The van der Waals surface area contributed by atoms with Crippen molar-refractivity contribution in [1.82, 2.24) is 19.8 Å². The standard InChI is InChI=1S/C18H24N4O2S/c1-2-22-15-8-4-3-7-14(15)20-17(18(22)24)25-13-16(23)19-9-12-21-10-5-6-11-21/h3-4,7-8H,2,5-6,9-13H2,1H3,(H,19,23). The van der Waals surface area contributed by atoms with Crippen molar-refractivity contribution in [1.29, 1.82) is 0 Å². The molecule has 25 heavy (non-hydrogen) atoms. The highest BCUT2D eigenvalue weighted by Crippen LogP contribution is 2.16. The summed E-state index contributed by atoms with van der Waals surface area (Å²) in [5.41, 5.74) is 1.48. The summed E-state index contributed by atoms with van der Waals surface area (Å²) in [6.07, 6.45) is 2.50. The van der Waals surface area contributed by atoms with E-state index in [9.17, 15) is 9.59 Å². The lowest BCUT2D eigenvalue weighted by Crippen LogP contribution is -2.34. The lowest BCUT2D eigenvalue weighted by Gasteiger charge is -2.14. The Morgan fingerprint density at radius 3 is 2.80 bits per heavy atom. The van der Waals surface area contributed by atoms with E-state index in [0.717, 1.165) is 30.7 Å². The summed E-state index contributed by atoms with van der Waals surface area (Å²) in [5, 5.41) is 3.31. The fourth-order valence-corrected chi connectivity index (χ4v) is 3.89.